The summed E-state index contributed by atoms with van der Waals surface area (Å²) in [5.74, 6) is -0.0545. The lowest BCUT2D eigenvalue weighted by molar-refractivity contribution is -0.113. The molecule has 4 heteroatoms. The van der Waals surface area contributed by atoms with Crippen molar-refractivity contribution in [1.82, 2.24) is 0 Å². The molecule has 0 spiro atoms. The third-order valence-electron chi connectivity index (χ3n) is 3.43. The van der Waals surface area contributed by atoms with Gasteiger partial charge in [0.15, 0.2) is 4.32 Å². The molecule has 1 heterocycles. The van der Waals surface area contributed by atoms with Gasteiger partial charge in [-0.1, -0.05) is 65.9 Å². The highest BCUT2D eigenvalue weighted by Crippen LogP contribution is 2.36. The van der Waals surface area contributed by atoms with E-state index < -0.39 is 0 Å². The normalized spacial score (nSPS) is 16.6. The second-order valence-corrected chi connectivity index (χ2v) is 6.94. The summed E-state index contributed by atoms with van der Waals surface area (Å²) in [6.07, 6.45) is 1.90. The van der Waals surface area contributed by atoms with Crippen LogP contribution >= 0.6 is 24.0 Å². The minimum atomic E-state index is -0.0545. The Labute approximate surface area is 139 Å². The summed E-state index contributed by atoms with van der Waals surface area (Å²) in [5, 5.41) is 0. The predicted octanol–water partition coefficient (Wildman–Crippen LogP) is 4.71. The van der Waals surface area contributed by atoms with Crippen LogP contribution in [-0.4, -0.2) is 10.2 Å². The first-order valence-corrected chi connectivity index (χ1v) is 8.18. The van der Waals surface area contributed by atoms with Crippen molar-refractivity contribution in [3.05, 3.63) is 70.1 Å². The molecule has 2 aromatic rings. The number of thioether (sulfide) groups is 1. The van der Waals surface area contributed by atoms with Gasteiger partial charge < -0.3 is 0 Å². The third-order valence-corrected chi connectivity index (χ3v) is 4.73. The molecule has 2 nitrogen and oxygen atoms in total. The van der Waals surface area contributed by atoms with Gasteiger partial charge in [-0.15, -0.1) is 0 Å². The number of aryl methyl sites for hydroxylation is 2. The summed E-state index contributed by atoms with van der Waals surface area (Å²) in [7, 11) is 0. The van der Waals surface area contributed by atoms with Gasteiger partial charge >= 0.3 is 0 Å². The Morgan fingerprint density at radius 2 is 1.77 bits per heavy atom. The second kappa shape index (κ2) is 6.07. The average molecular weight is 325 g/mol. The molecule has 0 radical (unpaired) electrons. The lowest BCUT2D eigenvalue weighted by Crippen LogP contribution is -2.27. The van der Waals surface area contributed by atoms with Crippen molar-refractivity contribution in [2.45, 2.75) is 13.8 Å². The number of thiocarbonyl (C=S) groups is 1. The van der Waals surface area contributed by atoms with E-state index in [9.17, 15) is 4.79 Å². The highest BCUT2D eigenvalue weighted by Gasteiger charge is 2.33. The molecule has 0 aromatic heterocycles. The third kappa shape index (κ3) is 2.98. The highest BCUT2D eigenvalue weighted by molar-refractivity contribution is 8.27. The maximum absolute atomic E-state index is 12.6. The van der Waals surface area contributed by atoms with Gasteiger partial charge in [-0.05, 0) is 43.2 Å². The van der Waals surface area contributed by atoms with Crippen LogP contribution in [0, 0.1) is 13.8 Å². The second-order valence-electron chi connectivity index (χ2n) is 5.27. The zero-order valence-electron chi connectivity index (χ0n) is 12.4. The van der Waals surface area contributed by atoms with E-state index in [-0.39, 0.29) is 5.91 Å². The summed E-state index contributed by atoms with van der Waals surface area (Å²) in [6.45, 7) is 4.05. The van der Waals surface area contributed by atoms with Crippen LogP contribution in [0.5, 0.6) is 0 Å². The molecule has 0 aliphatic carbocycles. The molecule has 22 heavy (non-hydrogen) atoms. The van der Waals surface area contributed by atoms with E-state index in [2.05, 4.69) is 0 Å². The van der Waals surface area contributed by atoms with Crippen LogP contribution in [0.3, 0.4) is 0 Å². The van der Waals surface area contributed by atoms with Crippen molar-refractivity contribution in [3.8, 4) is 0 Å². The maximum atomic E-state index is 12.6. The van der Waals surface area contributed by atoms with E-state index in [4.69, 9.17) is 12.2 Å². The van der Waals surface area contributed by atoms with Gasteiger partial charge in [0.25, 0.3) is 5.91 Å². The van der Waals surface area contributed by atoms with Crippen LogP contribution < -0.4 is 4.90 Å². The number of amides is 1. The smallest absolute Gasteiger partial charge is 0.268 e. The summed E-state index contributed by atoms with van der Waals surface area (Å²) in [5.41, 5.74) is 4.14. The van der Waals surface area contributed by atoms with Crippen LogP contribution in [0.15, 0.2) is 53.4 Å². The Bertz CT molecular complexity index is 778. The minimum absolute atomic E-state index is 0.0545. The first kappa shape index (κ1) is 15.0. The predicted molar refractivity (Wildman–Crippen MR) is 98.0 cm³/mol. The number of carbonyl (C=O) groups excluding carboxylic acids is 1. The van der Waals surface area contributed by atoms with Crippen LogP contribution in [0.1, 0.15) is 16.7 Å². The standard InChI is InChI=1S/C18H15NOS2/c1-12-6-8-14(9-7-12)11-16-17(20)19(18(21)22-16)15-5-3-4-13(2)10-15/h3-11H,1-2H3. The van der Waals surface area contributed by atoms with Crippen molar-refractivity contribution >= 4 is 46.0 Å². The number of carbonyl (C=O) groups is 1. The quantitative estimate of drug-likeness (QED) is 0.589. The topological polar surface area (TPSA) is 20.3 Å². The lowest BCUT2D eigenvalue weighted by Gasteiger charge is -2.14. The monoisotopic (exact) mass is 325 g/mol. The zero-order chi connectivity index (χ0) is 15.7. The van der Waals surface area contributed by atoms with Crippen molar-refractivity contribution in [1.29, 1.82) is 0 Å². The summed E-state index contributed by atoms with van der Waals surface area (Å²) >= 11 is 6.73. The average Bonchev–Trinajstić information content (AvgIpc) is 2.76. The molecule has 1 aliphatic heterocycles. The van der Waals surface area contributed by atoms with Crippen molar-refractivity contribution in [2.24, 2.45) is 0 Å². The molecule has 1 aliphatic rings. The van der Waals surface area contributed by atoms with E-state index in [0.29, 0.717) is 9.23 Å². The van der Waals surface area contributed by atoms with Crippen molar-refractivity contribution in [3.63, 3.8) is 0 Å². The first-order valence-electron chi connectivity index (χ1n) is 6.96. The number of hydrogen-bond acceptors (Lipinski definition) is 3. The van der Waals surface area contributed by atoms with E-state index in [1.165, 1.54) is 17.3 Å². The molecular formula is C18H15NOS2. The molecule has 0 N–H and O–H groups in total. The van der Waals surface area contributed by atoms with Gasteiger partial charge in [0.2, 0.25) is 0 Å². The Morgan fingerprint density at radius 1 is 1.05 bits per heavy atom. The Hall–Kier alpha value is -1.91. The molecule has 1 fully saturated rings. The first-order chi connectivity index (χ1) is 10.5. The van der Waals surface area contributed by atoms with Crippen LogP contribution in [0.4, 0.5) is 5.69 Å². The van der Waals surface area contributed by atoms with Crippen LogP contribution in [0.25, 0.3) is 6.08 Å². The minimum Gasteiger partial charge on any atom is -0.268 e. The molecule has 0 saturated carbocycles. The molecule has 1 amide bonds. The number of benzene rings is 2. The Balaban J connectivity index is 1.93. The van der Waals surface area contributed by atoms with E-state index in [0.717, 1.165) is 16.8 Å². The molecule has 1 saturated heterocycles. The van der Waals surface area contributed by atoms with E-state index in [1.807, 2.05) is 68.5 Å². The number of hydrogen-bond donors (Lipinski definition) is 0. The highest BCUT2D eigenvalue weighted by atomic mass is 32.2. The molecule has 0 unspecified atom stereocenters. The van der Waals surface area contributed by atoms with Gasteiger partial charge in [0.1, 0.15) is 0 Å². The SMILES string of the molecule is Cc1ccc(C=C2SC(=S)N(c3cccc(C)c3)C2=O)cc1. The number of anilines is 1. The molecule has 3 rings (SSSR count). The van der Waals surface area contributed by atoms with Gasteiger partial charge in [0.05, 0.1) is 10.6 Å². The Morgan fingerprint density at radius 3 is 2.45 bits per heavy atom. The molecule has 2 aromatic carbocycles. The molecule has 0 bridgehead atoms. The zero-order valence-corrected chi connectivity index (χ0v) is 14.0. The number of rotatable bonds is 2. The fraction of sp³-hybridized carbons (Fsp3) is 0.111. The van der Waals surface area contributed by atoms with Gasteiger partial charge in [-0.25, -0.2) is 0 Å². The molecular weight excluding hydrogens is 310 g/mol. The van der Waals surface area contributed by atoms with E-state index >= 15 is 0 Å². The van der Waals surface area contributed by atoms with Gasteiger partial charge in [-0.2, -0.15) is 0 Å². The lowest BCUT2D eigenvalue weighted by atomic mass is 10.1. The largest absolute Gasteiger partial charge is 0.270 e. The maximum Gasteiger partial charge on any atom is 0.270 e. The van der Waals surface area contributed by atoms with Crippen molar-refractivity contribution < 1.29 is 4.79 Å². The summed E-state index contributed by atoms with van der Waals surface area (Å²) in [4.78, 5) is 14.9. The summed E-state index contributed by atoms with van der Waals surface area (Å²) in [6, 6.07) is 15.9. The molecule has 110 valence electrons. The summed E-state index contributed by atoms with van der Waals surface area (Å²) < 4.78 is 0.578. The van der Waals surface area contributed by atoms with Crippen LogP contribution in [0.2, 0.25) is 0 Å². The molecule has 0 atom stereocenters. The van der Waals surface area contributed by atoms with Crippen LogP contribution in [-0.2, 0) is 4.79 Å². The van der Waals surface area contributed by atoms with Crippen molar-refractivity contribution in [2.75, 3.05) is 4.90 Å². The fourth-order valence-electron chi connectivity index (χ4n) is 2.27. The number of nitrogens with zero attached hydrogens (tertiary/aromatic N) is 1. The fourth-order valence-corrected chi connectivity index (χ4v) is 3.57. The van der Waals surface area contributed by atoms with E-state index in [1.54, 1.807) is 4.90 Å². The Kier molecular flexibility index (Phi) is 4.14. The van der Waals surface area contributed by atoms with Gasteiger partial charge in [0, 0.05) is 0 Å². The van der Waals surface area contributed by atoms with Gasteiger partial charge in [-0.3, -0.25) is 9.69 Å².